The summed E-state index contributed by atoms with van der Waals surface area (Å²) in [5.74, 6) is 1.03. The van der Waals surface area contributed by atoms with E-state index < -0.39 is 0 Å². The van der Waals surface area contributed by atoms with E-state index in [0.29, 0.717) is 18.3 Å². The Morgan fingerprint density at radius 2 is 2.16 bits per heavy atom. The molecule has 1 aromatic heterocycles. The zero-order valence-corrected chi connectivity index (χ0v) is 12.8. The molecule has 0 saturated heterocycles. The maximum atomic E-state index is 6.01. The van der Waals surface area contributed by atoms with Crippen LogP contribution in [0.3, 0.4) is 0 Å². The highest BCUT2D eigenvalue weighted by Crippen LogP contribution is 2.24. The second kappa shape index (κ2) is 5.81. The molecular weight excluding hydrogens is 308 g/mol. The predicted molar refractivity (Wildman–Crippen MR) is 77.7 cm³/mol. The normalized spacial score (nSPS) is 12.9. The number of aryl methyl sites for hydroxylation is 1. The van der Waals surface area contributed by atoms with E-state index in [1.807, 2.05) is 44.1 Å². The Kier molecular flexibility index (Phi) is 4.34. The van der Waals surface area contributed by atoms with E-state index in [2.05, 4.69) is 26.1 Å². The van der Waals surface area contributed by atoms with E-state index in [-0.39, 0.29) is 6.04 Å². The Balaban J connectivity index is 2.22. The number of nitrogens with zero attached hydrogens (tertiary/aromatic N) is 3. The van der Waals surface area contributed by atoms with Gasteiger partial charge in [-0.15, -0.1) is 0 Å². The van der Waals surface area contributed by atoms with Crippen molar-refractivity contribution in [2.75, 3.05) is 20.6 Å². The summed E-state index contributed by atoms with van der Waals surface area (Å²) in [6, 6.07) is 5.66. The lowest BCUT2D eigenvalue weighted by atomic mass is 10.1. The highest BCUT2D eigenvalue weighted by atomic mass is 79.9. The van der Waals surface area contributed by atoms with E-state index in [9.17, 15) is 0 Å². The number of benzene rings is 1. The average Bonchev–Trinajstić information content (AvgIpc) is 2.81. The zero-order valence-electron chi connectivity index (χ0n) is 11.2. The Morgan fingerprint density at radius 1 is 1.42 bits per heavy atom. The van der Waals surface area contributed by atoms with E-state index in [0.717, 1.165) is 15.6 Å². The molecule has 0 amide bonds. The lowest BCUT2D eigenvalue weighted by molar-refractivity contribution is 0.357. The van der Waals surface area contributed by atoms with Gasteiger partial charge in [0.15, 0.2) is 5.82 Å². The summed E-state index contributed by atoms with van der Waals surface area (Å²) in [5.41, 5.74) is 8.03. The molecule has 0 aliphatic carbocycles. The van der Waals surface area contributed by atoms with Crippen molar-refractivity contribution >= 4 is 15.9 Å². The molecule has 1 heterocycles. The van der Waals surface area contributed by atoms with E-state index in [1.165, 1.54) is 0 Å². The first-order valence-electron chi connectivity index (χ1n) is 5.98. The van der Waals surface area contributed by atoms with Gasteiger partial charge in [0.25, 0.3) is 5.89 Å². The monoisotopic (exact) mass is 324 g/mol. The van der Waals surface area contributed by atoms with Crippen LogP contribution in [-0.4, -0.2) is 35.7 Å². The first-order chi connectivity index (χ1) is 8.97. The van der Waals surface area contributed by atoms with Crippen molar-refractivity contribution in [2.24, 2.45) is 5.73 Å². The largest absolute Gasteiger partial charge is 0.334 e. The molecule has 0 aliphatic heterocycles. The van der Waals surface area contributed by atoms with Crippen LogP contribution in [0.1, 0.15) is 17.4 Å². The van der Waals surface area contributed by atoms with Crippen LogP contribution >= 0.6 is 15.9 Å². The number of nitrogens with two attached hydrogens (primary N) is 1. The van der Waals surface area contributed by atoms with Gasteiger partial charge in [0.2, 0.25) is 0 Å². The number of rotatable bonds is 4. The smallest absolute Gasteiger partial charge is 0.257 e. The van der Waals surface area contributed by atoms with Crippen LogP contribution < -0.4 is 5.73 Å². The summed E-state index contributed by atoms with van der Waals surface area (Å²) < 4.78 is 6.33. The second-order valence-corrected chi connectivity index (χ2v) is 5.64. The fraction of sp³-hybridized carbons (Fsp3) is 0.385. The molecule has 0 radical (unpaired) electrons. The van der Waals surface area contributed by atoms with Crippen LogP contribution in [0.4, 0.5) is 0 Å². The summed E-state index contributed by atoms with van der Waals surface area (Å²) in [6.45, 7) is 2.70. The number of hydrogen-bond donors (Lipinski definition) is 1. The Morgan fingerprint density at radius 3 is 2.79 bits per heavy atom. The van der Waals surface area contributed by atoms with Gasteiger partial charge in [-0.05, 0) is 44.8 Å². The van der Waals surface area contributed by atoms with Crippen molar-refractivity contribution < 1.29 is 4.52 Å². The number of aromatic nitrogens is 2. The Hall–Kier alpha value is -1.24. The van der Waals surface area contributed by atoms with Crippen molar-refractivity contribution in [1.29, 1.82) is 0 Å². The van der Waals surface area contributed by atoms with Gasteiger partial charge in [0, 0.05) is 16.6 Å². The molecule has 0 spiro atoms. The van der Waals surface area contributed by atoms with E-state index in [4.69, 9.17) is 10.3 Å². The third-order valence-corrected chi connectivity index (χ3v) is 3.63. The van der Waals surface area contributed by atoms with E-state index >= 15 is 0 Å². The second-order valence-electron chi connectivity index (χ2n) is 4.79. The quantitative estimate of drug-likeness (QED) is 0.935. The van der Waals surface area contributed by atoms with Gasteiger partial charge >= 0.3 is 0 Å². The first-order valence-corrected chi connectivity index (χ1v) is 6.77. The molecule has 0 fully saturated rings. The molecule has 0 aliphatic rings. The molecule has 2 N–H and O–H groups in total. The molecule has 0 bridgehead atoms. The molecule has 6 heteroatoms. The van der Waals surface area contributed by atoms with Crippen molar-refractivity contribution in [3.8, 4) is 11.5 Å². The SMILES string of the molecule is Cc1cc(-c2nc(C(N)CN(C)C)no2)ccc1Br. The van der Waals surface area contributed by atoms with Gasteiger partial charge in [0.1, 0.15) is 0 Å². The maximum absolute atomic E-state index is 6.01. The zero-order chi connectivity index (χ0) is 14.0. The van der Waals surface area contributed by atoms with Crippen molar-refractivity contribution in [2.45, 2.75) is 13.0 Å². The molecule has 5 nitrogen and oxygen atoms in total. The summed E-state index contributed by atoms with van der Waals surface area (Å²) in [5, 5.41) is 3.95. The predicted octanol–water partition coefficient (Wildman–Crippen LogP) is 2.37. The van der Waals surface area contributed by atoms with Gasteiger partial charge in [-0.2, -0.15) is 4.98 Å². The van der Waals surface area contributed by atoms with Crippen LogP contribution in [0.5, 0.6) is 0 Å². The maximum Gasteiger partial charge on any atom is 0.257 e. The summed E-state index contributed by atoms with van der Waals surface area (Å²) >= 11 is 3.47. The van der Waals surface area contributed by atoms with Crippen LogP contribution in [0, 0.1) is 6.92 Å². The Labute approximate surface area is 120 Å². The van der Waals surface area contributed by atoms with Gasteiger partial charge in [-0.3, -0.25) is 0 Å². The van der Waals surface area contributed by atoms with E-state index in [1.54, 1.807) is 0 Å². The van der Waals surface area contributed by atoms with Crippen LogP contribution in [-0.2, 0) is 0 Å². The molecule has 1 aromatic carbocycles. The van der Waals surface area contributed by atoms with Crippen LogP contribution in [0.25, 0.3) is 11.5 Å². The number of hydrogen-bond acceptors (Lipinski definition) is 5. The van der Waals surface area contributed by atoms with Crippen LogP contribution in [0.2, 0.25) is 0 Å². The molecule has 1 atom stereocenters. The molecular formula is C13H17BrN4O. The third-order valence-electron chi connectivity index (χ3n) is 2.74. The molecule has 19 heavy (non-hydrogen) atoms. The van der Waals surface area contributed by atoms with Crippen LogP contribution in [0.15, 0.2) is 27.2 Å². The molecule has 2 aromatic rings. The highest BCUT2D eigenvalue weighted by Gasteiger charge is 2.16. The van der Waals surface area contributed by atoms with Crippen molar-refractivity contribution in [3.63, 3.8) is 0 Å². The number of halogens is 1. The van der Waals surface area contributed by atoms with Crippen molar-refractivity contribution in [1.82, 2.24) is 15.0 Å². The molecule has 102 valence electrons. The van der Waals surface area contributed by atoms with Gasteiger partial charge in [-0.1, -0.05) is 21.1 Å². The topological polar surface area (TPSA) is 68.2 Å². The first kappa shape index (κ1) is 14.2. The minimum absolute atomic E-state index is 0.246. The number of likely N-dealkylation sites (N-methyl/N-ethyl adjacent to an activating group) is 1. The lowest BCUT2D eigenvalue weighted by Gasteiger charge is -2.12. The summed E-state index contributed by atoms with van der Waals surface area (Å²) in [7, 11) is 3.91. The lowest BCUT2D eigenvalue weighted by Crippen LogP contribution is -2.26. The molecule has 0 saturated carbocycles. The fourth-order valence-corrected chi connectivity index (χ4v) is 2.00. The average molecular weight is 325 g/mol. The summed E-state index contributed by atoms with van der Waals surface area (Å²) in [6.07, 6.45) is 0. The molecule has 2 rings (SSSR count). The minimum atomic E-state index is -0.246. The molecule has 1 unspecified atom stereocenters. The standard InChI is InChI=1S/C13H17BrN4O/c1-8-6-9(4-5-10(8)14)13-16-12(17-19-13)11(15)7-18(2)3/h4-6,11H,7,15H2,1-3H3. The minimum Gasteiger partial charge on any atom is -0.334 e. The summed E-state index contributed by atoms with van der Waals surface area (Å²) in [4.78, 5) is 6.35. The highest BCUT2D eigenvalue weighted by molar-refractivity contribution is 9.10. The van der Waals surface area contributed by atoms with Gasteiger partial charge in [0.05, 0.1) is 6.04 Å². The fourth-order valence-electron chi connectivity index (χ4n) is 1.76. The Bertz CT molecular complexity index is 568. The van der Waals surface area contributed by atoms with Crippen molar-refractivity contribution in [3.05, 3.63) is 34.1 Å². The van der Waals surface area contributed by atoms with Gasteiger partial charge in [-0.25, -0.2) is 0 Å². The van der Waals surface area contributed by atoms with Gasteiger partial charge < -0.3 is 15.2 Å². The third kappa shape index (κ3) is 3.40.